The highest BCUT2D eigenvalue weighted by Gasteiger charge is 2.30. The van der Waals surface area contributed by atoms with Crippen molar-refractivity contribution in [3.8, 4) is 0 Å². The Morgan fingerprint density at radius 3 is 2.47 bits per heavy atom. The first kappa shape index (κ1) is 27.0. The molecule has 38 heavy (non-hydrogen) atoms. The zero-order valence-electron chi connectivity index (χ0n) is 20.3. The number of alkyl halides is 3. The molecular weight excluding hydrogens is 525 g/mol. The van der Waals surface area contributed by atoms with E-state index in [1.165, 1.54) is 72.3 Å². The summed E-state index contributed by atoms with van der Waals surface area (Å²) in [5.74, 6) is -0.424. The van der Waals surface area contributed by atoms with Gasteiger partial charge in [-0.3, -0.25) is 14.2 Å². The Hall–Kier alpha value is -4.04. The topological polar surface area (TPSA) is 119 Å². The van der Waals surface area contributed by atoms with Crippen molar-refractivity contribution in [2.24, 2.45) is 0 Å². The summed E-state index contributed by atoms with van der Waals surface area (Å²) < 4.78 is 67.0. The number of carbonyl (C=O) groups excluding carboxylic acids is 1. The molecule has 2 aromatic carbocycles. The van der Waals surface area contributed by atoms with Gasteiger partial charge in [0.25, 0.3) is 11.5 Å². The predicted molar refractivity (Wildman–Crippen MR) is 132 cm³/mol. The van der Waals surface area contributed by atoms with Crippen LogP contribution in [0.2, 0.25) is 0 Å². The van der Waals surface area contributed by atoms with Crippen molar-refractivity contribution in [3.05, 3.63) is 88.1 Å². The first-order chi connectivity index (χ1) is 17.9. The Morgan fingerprint density at radius 1 is 1.11 bits per heavy atom. The highest BCUT2D eigenvalue weighted by molar-refractivity contribution is 7.89. The number of sulfonamides is 1. The van der Waals surface area contributed by atoms with E-state index >= 15 is 0 Å². The molecule has 0 aliphatic carbocycles. The highest BCUT2D eigenvalue weighted by atomic mass is 32.2. The number of amides is 1. The molecule has 0 spiro atoms. The fourth-order valence-electron chi connectivity index (χ4n) is 3.68. The van der Waals surface area contributed by atoms with Crippen LogP contribution < -0.4 is 10.9 Å². The molecule has 0 fully saturated rings. The van der Waals surface area contributed by atoms with E-state index in [1.54, 1.807) is 0 Å². The molecular formula is C24H23F3N6O4S. The van der Waals surface area contributed by atoms with Crippen LogP contribution in [0.25, 0.3) is 11.0 Å². The lowest BCUT2D eigenvalue weighted by Gasteiger charge is -2.12. The zero-order chi connectivity index (χ0) is 27.7. The molecule has 0 saturated carbocycles. The van der Waals surface area contributed by atoms with Gasteiger partial charge in [0.1, 0.15) is 11.7 Å². The van der Waals surface area contributed by atoms with Crippen LogP contribution in [0.4, 0.5) is 13.2 Å². The molecule has 0 bridgehead atoms. The quantitative estimate of drug-likeness (QED) is 0.361. The number of hydrogen-bond acceptors (Lipinski definition) is 6. The zero-order valence-corrected chi connectivity index (χ0v) is 21.1. The van der Waals surface area contributed by atoms with Gasteiger partial charge in [0.2, 0.25) is 10.0 Å². The molecule has 2 heterocycles. The SMILES string of the molecule is CN(C)S(=O)(=O)c1ccc(C(=O)NCCn2ncc3c(=O)n(Cc4cccc(C(F)(F)F)c4)cnc32)cc1. The minimum atomic E-state index is -4.49. The summed E-state index contributed by atoms with van der Waals surface area (Å²) in [6, 6.07) is 10.2. The van der Waals surface area contributed by atoms with Gasteiger partial charge < -0.3 is 5.32 Å². The van der Waals surface area contributed by atoms with Crippen LogP contribution >= 0.6 is 0 Å². The fraction of sp³-hybridized carbons (Fsp3) is 0.250. The van der Waals surface area contributed by atoms with Crippen molar-refractivity contribution in [2.45, 2.75) is 24.2 Å². The summed E-state index contributed by atoms with van der Waals surface area (Å²) in [5.41, 5.74) is -0.436. The van der Waals surface area contributed by atoms with Crippen LogP contribution in [-0.4, -0.2) is 58.6 Å². The first-order valence-corrected chi connectivity index (χ1v) is 12.7. The lowest BCUT2D eigenvalue weighted by atomic mass is 10.1. The van der Waals surface area contributed by atoms with Crippen LogP contribution in [0, 0.1) is 0 Å². The smallest absolute Gasteiger partial charge is 0.350 e. The van der Waals surface area contributed by atoms with Gasteiger partial charge in [-0.1, -0.05) is 12.1 Å². The Morgan fingerprint density at radius 2 is 1.82 bits per heavy atom. The third-order valence-electron chi connectivity index (χ3n) is 5.73. The molecule has 4 aromatic rings. The Labute approximate surface area is 215 Å². The van der Waals surface area contributed by atoms with Gasteiger partial charge in [-0.2, -0.15) is 18.3 Å². The molecule has 0 atom stereocenters. The number of fused-ring (bicyclic) bond motifs is 1. The molecule has 1 N–H and O–H groups in total. The van der Waals surface area contributed by atoms with Gasteiger partial charge in [-0.25, -0.2) is 22.4 Å². The minimum absolute atomic E-state index is 0.0619. The van der Waals surface area contributed by atoms with Crippen molar-refractivity contribution < 1.29 is 26.4 Å². The van der Waals surface area contributed by atoms with Crippen molar-refractivity contribution in [1.82, 2.24) is 29.0 Å². The van der Waals surface area contributed by atoms with E-state index < -0.39 is 33.2 Å². The van der Waals surface area contributed by atoms with E-state index in [9.17, 15) is 31.2 Å². The number of nitrogens with zero attached hydrogens (tertiary/aromatic N) is 5. The number of nitrogens with one attached hydrogen (secondary N) is 1. The lowest BCUT2D eigenvalue weighted by molar-refractivity contribution is -0.137. The summed E-state index contributed by atoms with van der Waals surface area (Å²) in [5, 5.41) is 7.02. The van der Waals surface area contributed by atoms with Gasteiger partial charge in [-0.15, -0.1) is 0 Å². The molecule has 4 rings (SSSR count). The Balaban J connectivity index is 1.42. The summed E-state index contributed by atoms with van der Waals surface area (Å²) in [6.45, 7) is 0.232. The maximum absolute atomic E-state index is 13.0. The molecule has 0 aliphatic rings. The predicted octanol–water partition coefficient (Wildman–Crippen LogP) is 2.34. The van der Waals surface area contributed by atoms with Crippen molar-refractivity contribution in [2.75, 3.05) is 20.6 Å². The average Bonchev–Trinajstić information content (AvgIpc) is 3.29. The Kier molecular flexibility index (Phi) is 7.37. The van der Waals surface area contributed by atoms with E-state index in [0.29, 0.717) is 5.56 Å². The second kappa shape index (κ2) is 10.4. The number of benzene rings is 2. The van der Waals surface area contributed by atoms with Gasteiger partial charge in [0, 0.05) is 26.2 Å². The molecule has 1 amide bonds. The number of hydrogen-bond donors (Lipinski definition) is 1. The minimum Gasteiger partial charge on any atom is -0.350 e. The van der Waals surface area contributed by atoms with Gasteiger partial charge in [-0.05, 0) is 42.0 Å². The normalized spacial score (nSPS) is 12.3. The van der Waals surface area contributed by atoms with Crippen molar-refractivity contribution in [3.63, 3.8) is 0 Å². The Bertz CT molecular complexity index is 1640. The van der Waals surface area contributed by atoms with Gasteiger partial charge in [0.05, 0.1) is 29.7 Å². The van der Waals surface area contributed by atoms with E-state index in [0.717, 1.165) is 16.4 Å². The summed E-state index contributed by atoms with van der Waals surface area (Å²) in [4.78, 5) is 29.6. The van der Waals surface area contributed by atoms with Gasteiger partial charge in [0.15, 0.2) is 5.65 Å². The van der Waals surface area contributed by atoms with E-state index in [-0.39, 0.29) is 41.1 Å². The maximum atomic E-state index is 13.0. The molecule has 0 unspecified atom stereocenters. The molecule has 0 aliphatic heterocycles. The summed E-state index contributed by atoms with van der Waals surface area (Å²) in [7, 11) is -0.784. The monoisotopic (exact) mass is 548 g/mol. The second-order valence-electron chi connectivity index (χ2n) is 8.55. The van der Waals surface area contributed by atoms with Gasteiger partial charge >= 0.3 is 6.18 Å². The standard InChI is InChI=1S/C24H23F3N6O4S/c1-31(2)38(36,37)19-8-6-17(7-9-19)22(34)28-10-11-33-21-20(13-30-33)23(35)32(15-29-21)14-16-4-3-5-18(12-16)24(25,26)27/h3-9,12-13,15H,10-11,14H2,1-2H3,(H,28,34). The maximum Gasteiger partial charge on any atom is 0.416 e. The van der Waals surface area contributed by atoms with Crippen LogP contribution in [0.5, 0.6) is 0 Å². The van der Waals surface area contributed by atoms with Crippen LogP contribution in [-0.2, 0) is 29.3 Å². The highest BCUT2D eigenvalue weighted by Crippen LogP contribution is 2.29. The van der Waals surface area contributed by atoms with Crippen LogP contribution in [0.3, 0.4) is 0 Å². The molecule has 0 radical (unpaired) electrons. The lowest BCUT2D eigenvalue weighted by Crippen LogP contribution is -2.28. The second-order valence-corrected chi connectivity index (χ2v) is 10.7. The molecule has 200 valence electrons. The third kappa shape index (κ3) is 5.60. The van der Waals surface area contributed by atoms with Crippen molar-refractivity contribution >= 4 is 27.0 Å². The summed E-state index contributed by atoms with van der Waals surface area (Å²) in [6.07, 6.45) is -1.93. The average molecular weight is 549 g/mol. The summed E-state index contributed by atoms with van der Waals surface area (Å²) >= 11 is 0. The number of halogens is 3. The molecule has 2 aromatic heterocycles. The molecule has 0 saturated heterocycles. The number of rotatable bonds is 8. The molecule has 14 heteroatoms. The molecule has 10 nitrogen and oxygen atoms in total. The van der Waals surface area contributed by atoms with Crippen molar-refractivity contribution in [1.29, 1.82) is 0 Å². The number of aromatic nitrogens is 4. The van der Waals surface area contributed by atoms with E-state index in [2.05, 4.69) is 15.4 Å². The fourth-order valence-corrected chi connectivity index (χ4v) is 4.58. The first-order valence-electron chi connectivity index (χ1n) is 11.3. The van der Waals surface area contributed by atoms with E-state index in [4.69, 9.17) is 0 Å². The van der Waals surface area contributed by atoms with Crippen LogP contribution in [0.1, 0.15) is 21.5 Å². The number of carbonyl (C=O) groups is 1. The largest absolute Gasteiger partial charge is 0.416 e. The van der Waals surface area contributed by atoms with E-state index in [1.807, 2.05) is 0 Å². The van der Waals surface area contributed by atoms with Crippen LogP contribution in [0.15, 0.2) is 70.7 Å². The third-order valence-corrected chi connectivity index (χ3v) is 7.56.